The second kappa shape index (κ2) is 7.10. The van der Waals surface area contributed by atoms with Crippen molar-refractivity contribution in [3.8, 4) is 0 Å². The topological polar surface area (TPSA) is 85.1 Å². The Morgan fingerprint density at radius 3 is 2.73 bits per heavy atom. The molecule has 22 heavy (non-hydrogen) atoms. The summed E-state index contributed by atoms with van der Waals surface area (Å²) in [5.74, 6) is 1.24. The van der Waals surface area contributed by atoms with Gasteiger partial charge < -0.3 is 21.1 Å². The summed E-state index contributed by atoms with van der Waals surface area (Å²) in [6.45, 7) is 1.55. The zero-order valence-electron chi connectivity index (χ0n) is 12.1. The average Bonchev–Trinajstić information content (AvgIpc) is 3.04. The van der Waals surface area contributed by atoms with Crippen molar-refractivity contribution in [2.45, 2.75) is 18.9 Å². The van der Waals surface area contributed by atoms with Crippen LogP contribution in [0.1, 0.15) is 12.8 Å². The van der Waals surface area contributed by atoms with Crippen molar-refractivity contribution in [3.05, 3.63) is 34.2 Å². The number of benzene rings is 1. The fourth-order valence-electron chi connectivity index (χ4n) is 2.32. The first kappa shape index (κ1) is 15.3. The van der Waals surface area contributed by atoms with Crippen molar-refractivity contribution in [1.82, 2.24) is 9.97 Å². The van der Waals surface area contributed by atoms with Crippen molar-refractivity contribution in [3.63, 3.8) is 0 Å². The molecule has 1 saturated heterocycles. The van der Waals surface area contributed by atoms with Gasteiger partial charge in [0, 0.05) is 22.4 Å². The lowest BCUT2D eigenvalue weighted by molar-refractivity contribution is 0.120. The molecule has 4 N–H and O–H groups in total. The lowest BCUT2D eigenvalue weighted by atomic mass is 10.2. The largest absolute Gasteiger partial charge is 0.393 e. The van der Waals surface area contributed by atoms with E-state index in [0.717, 1.165) is 25.1 Å². The van der Waals surface area contributed by atoms with Crippen LogP contribution in [0.15, 0.2) is 30.6 Å². The minimum Gasteiger partial charge on any atom is -0.393 e. The molecule has 0 bridgehead atoms. The summed E-state index contributed by atoms with van der Waals surface area (Å²) >= 11 is 2.27. The molecule has 1 unspecified atom stereocenters. The highest BCUT2D eigenvalue weighted by Gasteiger charge is 2.16. The Morgan fingerprint density at radius 1 is 1.23 bits per heavy atom. The second-order valence-corrected chi connectivity index (χ2v) is 6.38. The van der Waals surface area contributed by atoms with Crippen LogP contribution in [-0.2, 0) is 4.74 Å². The Hall–Kier alpha value is -1.61. The first-order valence-corrected chi connectivity index (χ1v) is 8.29. The fourth-order valence-corrected chi connectivity index (χ4v) is 2.68. The minimum absolute atomic E-state index is 0.238. The molecule has 2 aromatic rings. The molecule has 0 spiro atoms. The van der Waals surface area contributed by atoms with Crippen molar-refractivity contribution in [1.29, 1.82) is 0 Å². The molecule has 116 valence electrons. The third-order valence-corrected chi connectivity index (χ3v) is 4.23. The van der Waals surface area contributed by atoms with E-state index in [0.29, 0.717) is 23.9 Å². The predicted molar refractivity (Wildman–Crippen MR) is 96.3 cm³/mol. The van der Waals surface area contributed by atoms with Crippen LogP contribution in [0.2, 0.25) is 0 Å². The Balaban J connectivity index is 1.69. The van der Waals surface area contributed by atoms with Crippen molar-refractivity contribution in [2.24, 2.45) is 0 Å². The highest BCUT2D eigenvalue weighted by atomic mass is 127. The van der Waals surface area contributed by atoms with Gasteiger partial charge in [0.2, 0.25) is 0 Å². The zero-order valence-corrected chi connectivity index (χ0v) is 14.2. The van der Waals surface area contributed by atoms with Gasteiger partial charge in [-0.05, 0) is 59.7 Å². The first-order chi connectivity index (χ1) is 10.7. The number of nitrogens with zero attached hydrogens (tertiary/aromatic N) is 2. The third-order valence-electron chi connectivity index (χ3n) is 3.51. The molecule has 1 fully saturated rings. The van der Waals surface area contributed by atoms with E-state index in [9.17, 15) is 0 Å². The summed E-state index contributed by atoms with van der Waals surface area (Å²) in [5, 5.41) is 6.46. The van der Waals surface area contributed by atoms with Crippen LogP contribution < -0.4 is 16.4 Å². The number of aromatic nitrogens is 2. The number of nitrogens with one attached hydrogen (secondary N) is 2. The fraction of sp³-hybridized carbons (Fsp3) is 0.333. The van der Waals surface area contributed by atoms with Gasteiger partial charge in [-0.1, -0.05) is 0 Å². The monoisotopic (exact) mass is 411 g/mol. The van der Waals surface area contributed by atoms with E-state index in [2.05, 4.69) is 43.2 Å². The van der Waals surface area contributed by atoms with E-state index < -0.39 is 0 Å². The number of hydrogen-bond acceptors (Lipinski definition) is 6. The number of hydrogen-bond donors (Lipinski definition) is 3. The van der Waals surface area contributed by atoms with Crippen LogP contribution in [0.5, 0.6) is 0 Å². The smallest absolute Gasteiger partial charge is 0.159 e. The van der Waals surface area contributed by atoms with Gasteiger partial charge in [-0.15, -0.1) is 0 Å². The number of nitrogen functional groups attached to an aromatic ring is 1. The molecule has 7 heteroatoms. The number of halogens is 1. The number of nitrogens with two attached hydrogens (primary N) is 1. The number of anilines is 4. The van der Waals surface area contributed by atoms with Crippen molar-refractivity contribution in [2.75, 3.05) is 29.5 Å². The molecule has 0 aliphatic carbocycles. The van der Waals surface area contributed by atoms with Gasteiger partial charge in [0.05, 0.1) is 6.10 Å². The van der Waals surface area contributed by atoms with Gasteiger partial charge in [0.25, 0.3) is 0 Å². The van der Waals surface area contributed by atoms with E-state index in [1.165, 1.54) is 9.90 Å². The predicted octanol–water partition coefficient (Wildman–Crippen LogP) is 3.00. The van der Waals surface area contributed by atoms with Crippen LogP contribution in [0.4, 0.5) is 23.0 Å². The van der Waals surface area contributed by atoms with E-state index in [-0.39, 0.29) is 6.10 Å². The third kappa shape index (κ3) is 3.77. The summed E-state index contributed by atoms with van der Waals surface area (Å²) in [7, 11) is 0. The van der Waals surface area contributed by atoms with Crippen LogP contribution in [0, 0.1) is 3.57 Å². The maximum Gasteiger partial charge on any atom is 0.159 e. The molecule has 2 heterocycles. The molecule has 0 radical (unpaired) electrons. The van der Waals surface area contributed by atoms with Gasteiger partial charge >= 0.3 is 0 Å². The van der Waals surface area contributed by atoms with Gasteiger partial charge in [-0.3, -0.25) is 0 Å². The maximum absolute atomic E-state index is 6.15. The molecule has 3 rings (SSSR count). The highest BCUT2D eigenvalue weighted by molar-refractivity contribution is 14.1. The van der Waals surface area contributed by atoms with Crippen LogP contribution in [-0.4, -0.2) is 29.2 Å². The first-order valence-electron chi connectivity index (χ1n) is 7.21. The summed E-state index contributed by atoms with van der Waals surface area (Å²) in [6.07, 6.45) is 3.93. The van der Waals surface area contributed by atoms with Crippen molar-refractivity contribution < 1.29 is 4.74 Å². The molecule has 0 saturated carbocycles. The standard InChI is InChI=1S/C15H18IN5O/c16-10-3-5-11(6-4-10)21-15-13(17)14(19-9-20-15)18-8-12-2-1-7-22-12/h3-6,9,12H,1-2,7-8,17H2,(H2,18,19,20,21). The Morgan fingerprint density at radius 2 is 2.00 bits per heavy atom. The van der Waals surface area contributed by atoms with E-state index in [4.69, 9.17) is 10.5 Å². The summed E-state index contributed by atoms with van der Waals surface area (Å²) in [4.78, 5) is 8.43. The van der Waals surface area contributed by atoms with Gasteiger partial charge in [0.15, 0.2) is 11.6 Å². The lowest BCUT2D eigenvalue weighted by Gasteiger charge is -2.14. The number of rotatable bonds is 5. The SMILES string of the molecule is Nc1c(NCC2CCCO2)ncnc1Nc1ccc(I)cc1. The van der Waals surface area contributed by atoms with E-state index >= 15 is 0 Å². The van der Waals surface area contributed by atoms with E-state index in [1.54, 1.807) is 0 Å². The van der Waals surface area contributed by atoms with Crippen LogP contribution in [0.3, 0.4) is 0 Å². The van der Waals surface area contributed by atoms with Gasteiger partial charge in [-0.2, -0.15) is 0 Å². The summed E-state index contributed by atoms with van der Waals surface area (Å²) in [6, 6.07) is 8.03. The highest BCUT2D eigenvalue weighted by Crippen LogP contribution is 2.26. The van der Waals surface area contributed by atoms with Gasteiger partial charge in [0.1, 0.15) is 12.0 Å². The second-order valence-electron chi connectivity index (χ2n) is 5.13. The minimum atomic E-state index is 0.238. The number of ether oxygens (including phenoxy) is 1. The normalized spacial score (nSPS) is 17.4. The summed E-state index contributed by atoms with van der Waals surface area (Å²) < 4.78 is 6.77. The molecule has 0 amide bonds. The molecule has 6 nitrogen and oxygen atoms in total. The molecule has 1 atom stereocenters. The molecular formula is C15H18IN5O. The molecule has 1 aliphatic rings. The van der Waals surface area contributed by atoms with Crippen LogP contribution >= 0.6 is 22.6 Å². The Kier molecular flexibility index (Phi) is 4.94. The maximum atomic E-state index is 6.15. The van der Waals surface area contributed by atoms with Gasteiger partial charge in [-0.25, -0.2) is 9.97 Å². The molecule has 1 aromatic heterocycles. The zero-order chi connectivity index (χ0) is 15.4. The van der Waals surface area contributed by atoms with Crippen LogP contribution in [0.25, 0.3) is 0 Å². The Bertz CT molecular complexity index is 628. The molecule has 1 aromatic carbocycles. The average molecular weight is 411 g/mol. The van der Waals surface area contributed by atoms with E-state index in [1.807, 2.05) is 24.3 Å². The Labute approximate surface area is 143 Å². The molecule has 1 aliphatic heterocycles. The summed E-state index contributed by atoms with van der Waals surface area (Å²) in [5.41, 5.74) is 7.61. The van der Waals surface area contributed by atoms with Crippen molar-refractivity contribution >= 4 is 45.6 Å². The quantitative estimate of drug-likeness (QED) is 0.657. The molecular weight excluding hydrogens is 393 g/mol. The lowest BCUT2D eigenvalue weighted by Crippen LogP contribution is -2.20.